The second kappa shape index (κ2) is 11.1. The molecule has 1 saturated heterocycles. The van der Waals surface area contributed by atoms with Crippen molar-refractivity contribution in [2.45, 2.75) is 63.2 Å². The Hall–Kier alpha value is -2.76. The molecule has 1 aliphatic heterocycles. The number of nitrogens with zero attached hydrogens (tertiary/aromatic N) is 4. The van der Waals surface area contributed by atoms with Crippen LogP contribution in [0.3, 0.4) is 0 Å². The molecule has 0 amide bonds. The molecule has 1 atom stereocenters. The van der Waals surface area contributed by atoms with E-state index in [1.165, 1.54) is 6.07 Å². The molecule has 3 aromatic rings. The Morgan fingerprint density at radius 2 is 2.22 bits per heavy atom. The molecule has 0 aliphatic carbocycles. The number of hydrogen-bond acceptors (Lipinski definition) is 7. The summed E-state index contributed by atoms with van der Waals surface area (Å²) < 4.78 is 138. The van der Waals surface area contributed by atoms with Crippen molar-refractivity contribution in [3.05, 3.63) is 34.2 Å². The maximum absolute atomic E-state index is 13.6. The van der Waals surface area contributed by atoms with Gasteiger partial charge in [-0.1, -0.05) is 20.2 Å². The van der Waals surface area contributed by atoms with Crippen LogP contribution in [-0.2, 0) is 23.4 Å². The molecule has 0 saturated carbocycles. The lowest BCUT2D eigenvalue weighted by Crippen LogP contribution is -2.31. The number of aromatic amines is 1. The Morgan fingerprint density at radius 1 is 1.33 bits per heavy atom. The minimum atomic E-state index is -4.91. The van der Waals surface area contributed by atoms with Crippen LogP contribution in [0.4, 0.5) is 0 Å². The van der Waals surface area contributed by atoms with E-state index in [-0.39, 0.29) is 60.8 Å². The molecule has 1 fully saturated rings. The number of rotatable bonds is 11. The number of sulfonamides is 1. The third kappa shape index (κ3) is 5.47. The summed E-state index contributed by atoms with van der Waals surface area (Å²) in [6.45, 7) is -9.52. The third-order valence-corrected chi connectivity index (χ3v) is 6.86. The highest BCUT2D eigenvalue weighted by molar-refractivity contribution is 7.89. The molecule has 1 aromatic carbocycles. The summed E-state index contributed by atoms with van der Waals surface area (Å²) in [5.41, 5.74) is -1.95. The smallest absolute Gasteiger partial charge is 0.277 e. The highest BCUT2D eigenvalue weighted by Crippen LogP contribution is 2.31. The minimum absolute atomic E-state index is 0.0215. The molecule has 1 aliphatic rings. The number of nitrogens with one attached hydrogen (secondary N) is 2. The van der Waals surface area contributed by atoms with E-state index < -0.39 is 72.1 Å². The van der Waals surface area contributed by atoms with Gasteiger partial charge in [-0.25, -0.2) is 18.1 Å². The summed E-state index contributed by atoms with van der Waals surface area (Å²) in [6, 6.07) is 1.78. The number of fused-ring (bicyclic) bond motifs is 1. The number of aromatic nitrogens is 4. The largest absolute Gasteiger partial charge is 0.493 e. The average Bonchev–Trinajstić information content (AvgIpc) is 3.60. The van der Waals surface area contributed by atoms with Crippen molar-refractivity contribution in [3.8, 4) is 17.1 Å². The molecule has 0 spiro atoms. The molecular weight excluding hydrogens is 480 g/mol. The van der Waals surface area contributed by atoms with E-state index in [0.29, 0.717) is 11.1 Å². The molecule has 4 rings (SSSR count). The molecule has 0 radical (unpaired) electrons. The fourth-order valence-corrected chi connectivity index (χ4v) is 4.68. The van der Waals surface area contributed by atoms with Crippen LogP contribution >= 0.6 is 0 Å². The number of benzene rings is 1. The lowest BCUT2D eigenvalue weighted by Gasteiger charge is -2.19. The summed E-state index contributed by atoms with van der Waals surface area (Å²) in [5, 5.41) is 3.97. The topological polar surface area (TPSA) is 122 Å². The maximum atomic E-state index is 13.6. The van der Waals surface area contributed by atoms with Crippen molar-refractivity contribution in [1.82, 2.24) is 29.4 Å². The summed E-state index contributed by atoms with van der Waals surface area (Å²) in [7, 11) is -4.91. The first kappa shape index (κ1) is 14.3. The van der Waals surface area contributed by atoms with Crippen molar-refractivity contribution >= 4 is 21.1 Å². The summed E-state index contributed by atoms with van der Waals surface area (Å²) in [6.07, 6.45) is -2.97. The Morgan fingerprint density at radius 3 is 3.00 bits per heavy atom. The van der Waals surface area contributed by atoms with Crippen LogP contribution in [0, 0.1) is 0 Å². The zero-order chi connectivity index (χ0) is 37.0. The molecule has 1 unspecified atom stereocenters. The Balaban J connectivity index is 1.83. The van der Waals surface area contributed by atoms with Gasteiger partial charge in [0.05, 0.1) is 22.8 Å². The fraction of sp³-hybridized carbons (Fsp3) is 0.560. The predicted octanol–water partition coefficient (Wildman–Crippen LogP) is 2.83. The van der Waals surface area contributed by atoms with Crippen LogP contribution in [0.5, 0.6) is 5.75 Å². The van der Waals surface area contributed by atoms with Gasteiger partial charge in [0.15, 0.2) is 5.52 Å². The van der Waals surface area contributed by atoms with E-state index in [1.54, 1.807) is 11.6 Å². The first-order chi connectivity index (χ1) is 22.3. The van der Waals surface area contributed by atoms with Gasteiger partial charge in [0.1, 0.15) is 17.1 Å². The second-order valence-electron chi connectivity index (χ2n) is 8.20. The molecule has 0 bridgehead atoms. The number of H-pyrrole nitrogens is 1. The van der Waals surface area contributed by atoms with Crippen molar-refractivity contribution in [1.29, 1.82) is 0 Å². The van der Waals surface area contributed by atoms with Gasteiger partial charge in [-0.3, -0.25) is 9.48 Å². The van der Waals surface area contributed by atoms with Crippen LogP contribution in [0.25, 0.3) is 22.4 Å². The van der Waals surface area contributed by atoms with E-state index in [2.05, 4.69) is 15.1 Å². The summed E-state index contributed by atoms with van der Waals surface area (Å²) >= 11 is 0. The molecule has 11 heteroatoms. The third-order valence-electron chi connectivity index (χ3n) is 5.62. The molecule has 2 N–H and O–H groups in total. The Bertz CT molecular complexity index is 1850. The van der Waals surface area contributed by atoms with Gasteiger partial charge >= 0.3 is 0 Å². The highest BCUT2D eigenvalue weighted by atomic mass is 32.2. The fourth-order valence-electron chi connectivity index (χ4n) is 3.85. The lowest BCUT2D eigenvalue weighted by atomic mass is 10.1. The van der Waals surface area contributed by atoms with Crippen LogP contribution < -0.4 is 15.0 Å². The number of likely N-dealkylation sites (tertiary alicyclic amines) is 1. The van der Waals surface area contributed by atoms with Crippen molar-refractivity contribution in [3.63, 3.8) is 0 Å². The Labute approximate surface area is 230 Å². The van der Waals surface area contributed by atoms with E-state index in [0.717, 1.165) is 17.0 Å². The Kier molecular flexibility index (Phi) is 4.39. The molecule has 3 heterocycles. The zero-order valence-corrected chi connectivity index (χ0v) is 20.4. The maximum Gasteiger partial charge on any atom is 0.277 e. The monoisotopic (exact) mass is 529 g/mol. The average molecular weight is 530 g/mol. The second-order valence-corrected chi connectivity index (χ2v) is 9.89. The van der Waals surface area contributed by atoms with Crippen LogP contribution in [0.2, 0.25) is 0 Å². The predicted molar refractivity (Wildman–Crippen MR) is 140 cm³/mol. The summed E-state index contributed by atoms with van der Waals surface area (Å²) in [5.74, 6) is -0.285. The first-order valence-electron chi connectivity index (χ1n) is 17.9. The van der Waals surface area contributed by atoms with Gasteiger partial charge < -0.3 is 14.6 Å². The van der Waals surface area contributed by atoms with Crippen molar-refractivity contribution in [2.75, 3.05) is 26.6 Å². The minimum Gasteiger partial charge on any atom is -0.493 e. The SMILES string of the molecule is [2H]C([2H])([2H])CCc1nn(C([2H])([2H])[2H])c2c(=O)[nH]c(-c3cc(S(=O)(=O)NC([2H])([2H])C([2H])([2H])C4CCCN4C([2H])([2H])[2H])ccc3OCCC)nc12. The van der Waals surface area contributed by atoms with E-state index in [9.17, 15) is 13.2 Å². The van der Waals surface area contributed by atoms with Gasteiger partial charge in [0.2, 0.25) is 10.0 Å². The number of aryl methyl sites for hydroxylation is 2. The number of hydrogen-bond donors (Lipinski definition) is 2. The van der Waals surface area contributed by atoms with Crippen LogP contribution in [0.1, 0.15) is 69.3 Å². The van der Waals surface area contributed by atoms with Gasteiger partial charge in [-0.05, 0) is 63.8 Å². The molecular formula is C25H36N6O4S. The van der Waals surface area contributed by atoms with E-state index in [4.69, 9.17) is 22.6 Å². The molecule has 2 aromatic heterocycles. The van der Waals surface area contributed by atoms with Gasteiger partial charge in [-0.2, -0.15) is 5.10 Å². The zero-order valence-electron chi connectivity index (χ0n) is 32.6. The molecule has 196 valence electrons. The van der Waals surface area contributed by atoms with Crippen molar-refractivity contribution in [2.24, 2.45) is 6.98 Å². The standard InChI is InChI=1S/C25H36N6O4S/c1-5-8-20-22-23(31(4)29-20)25(32)28-24(27-22)19-16-18(10-11-21(19)35-15-6-2)36(33,34)26-13-12-17-9-7-14-30(17)3/h10-11,16-17,26H,5-9,12-15H2,1-4H3,(H,27,28,32)/i1D3,3D3,4D3,12D2,13D2. The van der Waals surface area contributed by atoms with Crippen LogP contribution in [-0.4, -0.2) is 65.7 Å². The molecule has 10 nitrogen and oxygen atoms in total. The van der Waals surface area contributed by atoms with E-state index in [1.807, 2.05) is 0 Å². The van der Waals surface area contributed by atoms with Crippen molar-refractivity contribution < 1.29 is 31.0 Å². The summed E-state index contributed by atoms with van der Waals surface area (Å²) in [4.78, 5) is 20.4. The quantitative estimate of drug-likeness (QED) is 0.392. The van der Waals surface area contributed by atoms with E-state index >= 15 is 0 Å². The highest BCUT2D eigenvalue weighted by Gasteiger charge is 2.23. The normalized spacial score (nSPS) is 23.9. The van der Waals surface area contributed by atoms with Gasteiger partial charge in [0, 0.05) is 37.3 Å². The van der Waals surface area contributed by atoms with Gasteiger partial charge in [-0.15, -0.1) is 0 Å². The number of ether oxygens (including phenoxy) is 1. The first-order valence-corrected chi connectivity index (χ1v) is 12.9. The van der Waals surface area contributed by atoms with Crippen LogP contribution in [0.15, 0.2) is 27.9 Å². The van der Waals surface area contributed by atoms with Gasteiger partial charge in [0.25, 0.3) is 5.56 Å². The molecule has 36 heavy (non-hydrogen) atoms. The lowest BCUT2D eigenvalue weighted by molar-refractivity contribution is 0.297.